The van der Waals surface area contributed by atoms with E-state index < -0.39 is 0 Å². The molecule has 2 rings (SSSR count). The Kier molecular flexibility index (Phi) is 1.37. The minimum absolute atomic E-state index is 0.767. The molecule has 0 saturated heterocycles. The van der Waals surface area contributed by atoms with Gasteiger partial charge in [-0.25, -0.2) is 0 Å². The third-order valence-corrected chi connectivity index (χ3v) is 2.15. The largest absolute Gasteiger partial charge is 0.459 e. The second kappa shape index (κ2) is 2.27. The minimum Gasteiger partial charge on any atom is -0.459 e. The molecule has 0 atom stereocenters. The van der Waals surface area contributed by atoms with E-state index in [1.54, 1.807) is 0 Å². The highest BCUT2D eigenvalue weighted by molar-refractivity contribution is 5.93. The van der Waals surface area contributed by atoms with Gasteiger partial charge in [0.15, 0.2) is 0 Å². The van der Waals surface area contributed by atoms with Crippen LogP contribution < -0.4 is 5.73 Å². The van der Waals surface area contributed by atoms with Gasteiger partial charge in [0.25, 0.3) is 0 Å². The fraction of sp³-hybridized carbons (Fsp3) is 0.200. The van der Waals surface area contributed by atoms with Gasteiger partial charge in [-0.05, 0) is 25.5 Å². The molecule has 1 aromatic heterocycles. The second-order valence-electron chi connectivity index (χ2n) is 3.02. The summed E-state index contributed by atoms with van der Waals surface area (Å²) in [6.07, 6.45) is 0. The van der Waals surface area contributed by atoms with Crippen LogP contribution in [0.3, 0.4) is 0 Å². The van der Waals surface area contributed by atoms with Crippen molar-refractivity contribution in [1.29, 1.82) is 0 Å². The number of anilines is 1. The smallest absolute Gasteiger partial charge is 0.136 e. The molecule has 12 heavy (non-hydrogen) atoms. The number of aryl methyl sites for hydroxylation is 2. The van der Waals surface area contributed by atoms with Crippen LogP contribution in [0.1, 0.15) is 11.3 Å². The molecule has 0 fully saturated rings. The molecule has 0 radical (unpaired) electrons. The van der Waals surface area contributed by atoms with Crippen molar-refractivity contribution in [1.82, 2.24) is 0 Å². The molecule has 2 nitrogen and oxygen atoms in total. The fourth-order valence-electron chi connectivity index (χ4n) is 1.47. The molecule has 2 N–H and O–H groups in total. The second-order valence-corrected chi connectivity index (χ2v) is 3.02. The Hall–Kier alpha value is -1.44. The van der Waals surface area contributed by atoms with Crippen molar-refractivity contribution < 1.29 is 4.42 Å². The van der Waals surface area contributed by atoms with Gasteiger partial charge in [0.2, 0.25) is 0 Å². The zero-order valence-corrected chi connectivity index (χ0v) is 7.22. The Morgan fingerprint density at radius 3 is 2.67 bits per heavy atom. The summed E-state index contributed by atoms with van der Waals surface area (Å²) in [6, 6.07) is 5.94. The highest BCUT2D eigenvalue weighted by Crippen LogP contribution is 2.29. The first kappa shape index (κ1) is 7.22. The lowest BCUT2D eigenvalue weighted by Crippen LogP contribution is -1.85. The summed E-state index contributed by atoms with van der Waals surface area (Å²) >= 11 is 0. The lowest BCUT2D eigenvalue weighted by Gasteiger charge is -1.93. The van der Waals surface area contributed by atoms with E-state index in [4.69, 9.17) is 10.2 Å². The van der Waals surface area contributed by atoms with E-state index in [9.17, 15) is 0 Å². The van der Waals surface area contributed by atoms with Crippen LogP contribution >= 0.6 is 0 Å². The van der Waals surface area contributed by atoms with E-state index in [1.165, 1.54) is 5.56 Å². The molecule has 1 heterocycles. The zero-order chi connectivity index (χ0) is 8.72. The molecule has 0 aliphatic rings. The number of fused-ring (bicyclic) bond motifs is 1. The van der Waals surface area contributed by atoms with Crippen molar-refractivity contribution >= 4 is 16.7 Å². The molecule has 62 valence electrons. The molecule has 0 unspecified atom stereocenters. The first-order valence-corrected chi connectivity index (χ1v) is 3.94. The van der Waals surface area contributed by atoms with Crippen LogP contribution in [0.15, 0.2) is 22.6 Å². The maximum Gasteiger partial charge on any atom is 0.136 e. The maximum atomic E-state index is 5.85. The average Bonchev–Trinajstić information content (AvgIpc) is 2.29. The molecule has 0 aliphatic carbocycles. The predicted octanol–water partition coefficient (Wildman–Crippen LogP) is 2.63. The van der Waals surface area contributed by atoms with Gasteiger partial charge < -0.3 is 10.2 Å². The summed E-state index contributed by atoms with van der Waals surface area (Å²) in [4.78, 5) is 0. The van der Waals surface area contributed by atoms with Gasteiger partial charge in [0.05, 0.1) is 5.69 Å². The van der Waals surface area contributed by atoms with Crippen LogP contribution in [0.5, 0.6) is 0 Å². The standard InChI is InChI=1S/C10H11NO/c1-6-4-3-5-8-9(6)10(11)7(2)12-8/h3-5H,11H2,1-2H3. The quantitative estimate of drug-likeness (QED) is 0.645. The molecule has 1 aromatic carbocycles. The van der Waals surface area contributed by atoms with E-state index in [1.807, 2.05) is 32.0 Å². The van der Waals surface area contributed by atoms with Crippen molar-refractivity contribution in [2.45, 2.75) is 13.8 Å². The molecule has 0 aliphatic heterocycles. The van der Waals surface area contributed by atoms with Crippen LogP contribution in [0.25, 0.3) is 11.0 Å². The van der Waals surface area contributed by atoms with Crippen molar-refractivity contribution in [2.24, 2.45) is 0 Å². The summed E-state index contributed by atoms with van der Waals surface area (Å²) < 4.78 is 5.45. The number of furan rings is 1. The average molecular weight is 161 g/mol. The molecule has 0 amide bonds. The molecule has 2 heteroatoms. The Morgan fingerprint density at radius 2 is 2.00 bits per heavy atom. The van der Waals surface area contributed by atoms with Crippen molar-refractivity contribution in [3.63, 3.8) is 0 Å². The van der Waals surface area contributed by atoms with Crippen LogP contribution in [-0.2, 0) is 0 Å². The van der Waals surface area contributed by atoms with Crippen molar-refractivity contribution in [3.05, 3.63) is 29.5 Å². The zero-order valence-electron chi connectivity index (χ0n) is 7.22. The van der Waals surface area contributed by atoms with Crippen molar-refractivity contribution in [2.75, 3.05) is 5.73 Å². The number of hydrogen-bond donors (Lipinski definition) is 1. The third-order valence-electron chi connectivity index (χ3n) is 2.15. The van der Waals surface area contributed by atoms with Gasteiger partial charge in [-0.1, -0.05) is 12.1 Å². The molecular weight excluding hydrogens is 150 g/mol. The summed E-state index contributed by atoms with van der Waals surface area (Å²) in [7, 11) is 0. The van der Waals surface area contributed by atoms with E-state index >= 15 is 0 Å². The summed E-state index contributed by atoms with van der Waals surface area (Å²) in [5.41, 5.74) is 8.66. The summed E-state index contributed by atoms with van der Waals surface area (Å²) in [6.45, 7) is 3.92. The lowest BCUT2D eigenvalue weighted by molar-refractivity contribution is 0.580. The van der Waals surface area contributed by atoms with Gasteiger partial charge in [0.1, 0.15) is 11.3 Å². The highest BCUT2D eigenvalue weighted by Gasteiger charge is 2.08. The van der Waals surface area contributed by atoms with Gasteiger partial charge in [-0.15, -0.1) is 0 Å². The molecular formula is C10H11NO. The first-order chi connectivity index (χ1) is 5.70. The number of hydrogen-bond acceptors (Lipinski definition) is 2. The molecule has 0 spiro atoms. The van der Waals surface area contributed by atoms with Crippen LogP contribution in [0, 0.1) is 13.8 Å². The van der Waals surface area contributed by atoms with E-state index in [0.717, 1.165) is 22.4 Å². The monoisotopic (exact) mass is 161 g/mol. The Bertz CT molecular complexity index is 429. The lowest BCUT2D eigenvalue weighted by atomic mass is 10.1. The maximum absolute atomic E-state index is 5.85. The first-order valence-electron chi connectivity index (χ1n) is 3.94. The number of rotatable bonds is 0. The molecule has 0 saturated carbocycles. The summed E-state index contributed by atoms with van der Waals surface area (Å²) in [5, 5.41) is 1.05. The Labute approximate surface area is 71.0 Å². The van der Waals surface area contributed by atoms with E-state index in [0.29, 0.717) is 0 Å². The topological polar surface area (TPSA) is 39.2 Å². The fourth-order valence-corrected chi connectivity index (χ4v) is 1.47. The molecule has 2 aromatic rings. The van der Waals surface area contributed by atoms with E-state index in [2.05, 4.69) is 0 Å². The normalized spacial score (nSPS) is 10.8. The number of nitrogens with two attached hydrogens (primary N) is 1. The minimum atomic E-state index is 0.767. The van der Waals surface area contributed by atoms with Crippen molar-refractivity contribution in [3.8, 4) is 0 Å². The molecule has 0 bridgehead atoms. The van der Waals surface area contributed by atoms with Crippen LogP contribution in [-0.4, -0.2) is 0 Å². The van der Waals surface area contributed by atoms with Gasteiger partial charge >= 0.3 is 0 Å². The van der Waals surface area contributed by atoms with Gasteiger partial charge in [-0.3, -0.25) is 0 Å². The van der Waals surface area contributed by atoms with Gasteiger partial charge in [-0.2, -0.15) is 0 Å². The Balaban J connectivity index is 2.97. The predicted molar refractivity (Wildman–Crippen MR) is 50.1 cm³/mol. The van der Waals surface area contributed by atoms with Crippen LogP contribution in [0.4, 0.5) is 5.69 Å². The SMILES string of the molecule is Cc1oc2cccc(C)c2c1N. The number of nitrogen functional groups attached to an aromatic ring is 1. The number of benzene rings is 1. The summed E-state index contributed by atoms with van der Waals surface area (Å²) in [5.74, 6) is 0.805. The van der Waals surface area contributed by atoms with E-state index in [-0.39, 0.29) is 0 Å². The Morgan fingerprint density at radius 1 is 1.25 bits per heavy atom. The third kappa shape index (κ3) is 0.811. The van der Waals surface area contributed by atoms with Gasteiger partial charge in [0, 0.05) is 5.39 Å². The highest BCUT2D eigenvalue weighted by atomic mass is 16.3. The van der Waals surface area contributed by atoms with Crippen LogP contribution in [0.2, 0.25) is 0 Å².